The van der Waals surface area contributed by atoms with Crippen LogP contribution < -0.4 is 4.74 Å². The first-order chi connectivity index (χ1) is 11.7. The van der Waals surface area contributed by atoms with Gasteiger partial charge in [-0.05, 0) is 55.7 Å². The Morgan fingerprint density at radius 2 is 1.88 bits per heavy atom. The van der Waals surface area contributed by atoms with Gasteiger partial charge in [0.1, 0.15) is 5.75 Å². The number of nitrogens with zero attached hydrogens (tertiary/aromatic N) is 1. The van der Waals surface area contributed by atoms with Crippen molar-refractivity contribution >= 4 is 5.97 Å². The van der Waals surface area contributed by atoms with E-state index in [0.29, 0.717) is 12.2 Å². The number of hydrogen-bond donors (Lipinski definition) is 0. The van der Waals surface area contributed by atoms with Gasteiger partial charge < -0.3 is 4.74 Å². The number of unbranched alkanes of at least 4 members (excludes halogenated alkanes) is 2. The number of aryl methyl sites for hydroxylation is 1. The van der Waals surface area contributed by atoms with Gasteiger partial charge in [-0.25, -0.2) is 0 Å². The van der Waals surface area contributed by atoms with Gasteiger partial charge in [-0.3, -0.25) is 4.79 Å². The maximum atomic E-state index is 12.3. The number of esters is 1. The van der Waals surface area contributed by atoms with Crippen LogP contribution in [0.3, 0.4) is 0 Å². The van der Waals surface area contributed by atoms with Gasteiger partial charge in [0, 0.05) is 6.42 Å². The molecule has 0 saturated heterocycles. The molecular formula is C21H29NO2. The minimum absolute atomic E-state index is 0.0608. The van der Waals surface area contributed by atoms with Crippen LogP contribution in [0.5, 0.6) is 5.75 Å². The van der Waals surface area contributed by atoms with Crippen molar-refractivity contribution in [2.45, 2.75) is 71.1 Å². The van der Waals surface area contributed by atoms with Gasteiger partial charge in [-0.2, -0.15) is 5.26 Å². The number of hydrogen-bond acceptors (Lipinski definition) is 3. The van der Waals surface area contributed by atoms with Gasteiger partial charge >= 0.3 is 5.97 Å². The molecule has 1 fully saturated rings. The summed E-state index contributed by atoms with van der Waals surface area (Å²) in [6, 6.07) is 9.68. The normalized spacial score (nSPS) is 20.3. The van der Waals surface area contributed by atoms with Crippen LogP contribution in [-0.2, 0) is 11.2 Å². The van der Waals surface area contributed by atoms with E-state index in [2.05, 4.69) is 13.0 Å². The molecule has 24 heavy (non-hydrogen) atoms. The van der Waals surface area contributed by atoms with Crippen molar-refractivity contribution in [1.82, 2.24) is 0 Å². The molecule has 0 N–H and O–H groups in total. The topological polar surface area (TPSA) is 50.1 Å². The number of nitriles is 1. The van der Waals surface area contributed by atoms with E-state index in [4.69, 9.17) is 10.00 Å². The summed E-state index contributed by atoms with van der Waals surface area (Å²) in [5.41, 5.74) is 1.10. The van der Waals surface area contributed by atoms with Crippen molar-refractivity contribution in [3.05, 3.63) is 29.8 Å². The van der Waals surface area contributed by atoms with Crippen LogP contribution in [0.25, 0.3) is 0 Å². The van der Waals surface area contributed by atoms with Crippen LogP contribution in [0, 0.1) is 23.2 Å². The van der Waals surface area contributed by atoms with Crippen molar-refractivity contribution in [3.63, 3.8) is 0 Å². The third-order valence-corrected chi connectivity index (χ3v) is 5.06. The van der Waals surface area contributed by atoms with E-state index in [0.717, 1.165) is 43.6 Å². The molecule has 1 saturated carbocycles. The molecule has 0 aliphatic heterocycles. The number of benzene rings is 1. The second-order valence-corrected chi connectivity index (χ2v) is 6.94. The van der Waals surface area contributed by atoms with Crippen molar-refractivity contribution in [3.8, 4) is 11.8 Å². The molecule has 1 aromatic rings. The Hall–Kier alpha value is -1.82. The zero-order chi connectivity index (χ0) is 17.2. The Morgan fingerprint density at radius 3 is 2.50 bits per heavy atom. The molecule has 1 aliphatic carbocycles. The van der Waals surface area contributed by atoms with Crippen LogP contribution in [0.15, 0.2) is 24.3 Å². The first-order valence-electron chi connectivity index (χ1n) is 9.40. The van der Waals surface area contributed by atoms with E-state index in [1.54, 1.807) is 0 Å². The molecule has 0 bridgehead atoms. The zero-order valence-electron chi connectivity index (χ0n) is 14.8. The average Bonchev–Trinajstić information content (AvgIpc) is 2.62. The first kappa shape index (κ1) is 18.5. The monoisotopic (exact) mass is 327 g/mol. The summed E-state index contributed by atoms with van der Waals surface area (Å²) in [7, 11) is 0. The second kappa shape index (κ2) is 10.1. The molecule has 0 atom stereocenters. The Bertz CT molecular complexity index is 536. The SMILES string of the molecule is CCCCC[C@H]1CC[C@H](C(=O)Oc2ccc(CCC#N)cc2)CC1. The molecule has 0 aromatic heterocycles. The van der Waals surface area contributed by atoms with Gasteiger partial charge in [-0.15, -0.1) is 0 Å². The molecule has 0 unspecified atom stereocenters. The first-order valence-corrected chi connectivity index (χ1v) is 9.40. The predicted molar refractivity (Wildman–Crippen MR) is 95.6 cm³/mol. The van der Waals surface area contributed by atoms with Crippen molar-refractivity contribution in [1.29, 1.82) is 5.26 Å². The highest BCUT2D eigenvalue weighted by Crippen LogP contribution is 2.33. The van der Waals surface area contributed by atoms with E-state index in [1.807, 2.05) is 24.3 Å². The fraction of sp³-hybridized carbons (Fsp3) is 0.619. The summed E-state index contributed by atoms with van der Waals surface area (Å²) in [5.74, 6) is 1.41. The smallest absolute Gasteiger partial charge is 0.314 e. The summed E-state index contributed by atoms with van der Waals surface area (Å²) < 4.78 is 5.54. The second-order valence-electron chi connectivity index (χ2n) is 6.94. The van der Waals surface area contributed by atoms with Crippen molar-refractivity contribution in [2.24, 2.45) is 11.8 Å². The molecule has 0 radical (unpaired) electrons. The van der Waals surface area contributed by atoms with Gasteiger partial charge in [-0.1, -0.05) is 44.7 Å². The van der Waals surface area contributed by atoms with E-state index in [9.17, 15) is 4.79 Å². The van der Waals surface area contributed by atoms with Crippen molar-refractivity contribution in [2.75, 3.05) is 0 Å². The molecule has 1 aromatic carbocycles. The van der Waals surface area contributed by atoms with Gasteiger partial charge in [0.05, 0.1) is 12.0 Å². The Kier molecular flexibility index (Phi) is 7.82. The van der Waals surface area contributed by atoms with Gasteiger partial charge in [0.25, 0.3) is 0 Å². The standard InChI is InChI=1S/C21H29NO2/c1-2-3-4-6-17-8-12-19(13-9-17)21(23)24-20-14-10-18(11-15-20)7-5-16-22/h10-11,14-15,17,19H,2-9,12-13H2,1H3/t17-,19-. The number of carbonyl (C=O) groups excluding carboxylic acids is 1. The molecule has 0 spiro atoms. The summed E-state index contributed by atoms with van der Waals surface area (Å²) in [6.07, 6.45) is 10.8. The van der Waals surface area contributed by atoms with E-state index >= 15 is 0 Å². The summed E-state index contributed by atoms with van der Waals surface area (Å²) in [6.45, 7) is 2.24. The Morgan fingerprint density at radius 1 is 1.17 bits per heavy atom. The Balaban J connectivity index is 1.74. The van der Waals surface area contributed by atoms with Crippen LogP contribution in [0.2, 0.25) is 0 Å². The number of rotatable bonds is 8. The summed E-state index contributed by atoms with van der Waals surface area (Å²) in [5, 5.41) is 8.60. The lowest BCUT2D eigenvalue weighted by molar-refractivity contribution is -0.140. The Labute approximate surface area is 146 Å². The number of ether oxygens (including phenoxy) is 1. The van der Waals surface area contributed by atoms with Crippen molar-refractivity contribution < 1.29 is 9.53 Å². The molecule has 3 nitrogen and oxygen atoms in total. The maximum Gasteiger partial charge on any atom is 0.314 e. The molecular weight excluding hydrogens is 298 g/mol. The molecule has 130 valence electrons. The van der Waals surface area contributed by atoms with Gasteiger partial charge in [0.15, 0.2) is 0 Å². The minimum Gasteiger partial charge on any atom is -0.426 e. The summed E-state index contributed by atoms with van der Waals surface area (Å²) in [4.78, 5) is 12.3. The molecule has 0 amide bonds. The highest BCUT2D eigenvalue weighted by molar-refractivity contribution is 5.75. The van der Waals surface area contributed by atoms with Gasteiger partial charge in [0.2, 0.25) is 0 Å². The van der Waals surface area contributed by atoms with E-state index in [1.165, 1.54) is 25.7 Å². The van der Waals surface area contributed by atoms with Crippen LogP contribution in [0.1, 0.15) is 70.3 Å². The van der Waals surface area contributed by atoms with Crippen LogP contribution in [0.4, 0.5) is 0 Å². The van der Waals surface area contributed by atoms with Crippen LogP contribution >= 0.6 is 0 Å². The lowest BCUT2D eigenvalue weighted by atomic mass is 9.80. The minimum atomic E-state index is -0.0771. The molecule has 2 rings (SSSR count). The highest BCUT2D eigenvalue weighted by Gasteiger charge is 2.27. The highest BCUT2D eigenvalue weighted by atomic mass is 16.5. The quantitative estimate of drug-likeness (QED) is 0.363. The predicted octanol–water partition coefficient (Wildman–Crippen LogP) is 5.43. The zero-order valence-corrected chi connectivity index (χ0v) is 14.8. The molecule has 1 aliphatic rings. The maximum absolute atomic E-state index is 12.3. The lowest BCUT2D eigenvalue weighted by Crippen LogP contribution is -2.25. The average molecular weight is 327 g/mol. The molecule has 3 heteroatoms. The largest absolute Gasteiger partial charge is 0.426 e. The lowest BCUT2D eigenvalue weighted by Gasteiger charge is -2.27. The third-order valence-electron chi connectivity index (χ3n) is 5.06. The third kappa shape index (κ3) is 6.00. The van der Waals surface area contributed by atoms with E-state index in [-0.39, 0.29) is 11.9 Å². The fourth-order valence-electron chi connectivity index (χ4n) is 3.49. The number of carbonyl (C=O) groups is 1. The fourth-order valence-corrected chi connectivity index (χ4v) is 3.49. The van der Waals surface area contributed by atoms with Crippen LogP contribution in [-0.4, -0.2) is 5.97 Å². The summed E-state index contributed by atoms with van der Waals surface area (Å²) >= 11 is 0. The molecule has 0 heterocycles. The van der Waals surface area contributed by atoms with E-state index < -0.39 is 0 Å².